The highest BCUT2D eigenvalue weighted by atomic mass is 35.5. The smallest absolute Gasteiger partial charge is 0.257 e. The number of thiazole rings is 1. The summed E-state index contributed by atoms with van der Waals surface area (Å²) >= 11 is 7.57. The topological polar surface area (TPSA) is 66.9 Å². The van der Waals surface area contributed by atoms with E-state index in [0.717, 1.165) is 5.01 Å². The first-order valence-electron chi connectivity index (χ1n) is 7.73. The molecule has 2 N–H and O–H groups in total. The molecule has 2 heterocycles. The molecule has 0 radical (unpaired) electrons. The fourth-order valence-electron chi connectivity index (χ4n) is 2.24. The van der Waals surface area contributed by atoms with Crippen LogP contribution in [0.25, 0.3) is 0 Å². The van der Waals surface area contributed by atoms with Gasteiger partial charge >= 0.3 is 0 Å². The van der Waals surface area contributed by atoms with Crippen LogP contribution in [0, 0.1) is 6.92 Å². The van der Waals surface area contributed by atoms with Gasteiger partial charge in [0.15, 0.2) is 0 Å². The number of carbonyl (C=O) groups excluding carboxylic acids is 1. The molecule has 25 heavy (non-hydrogen) atoms. The Kier molecular flexibility index (Phi) is 5.31. The molecule has 0 aliphatic heterocycles. The molecule has 0 aliphatic rings. The molecule has 0 fully saturated rings. The predicted molar refractivity (Wildman–Crippen MR) is 103 cm³/mol. The van der Waals surface area contributed by atoms with Crippen molar-refractivity contribution in [2.45, 2.75) is 19.9 Å². The van der Waals surface area contributed by atoms with Crippen LogP contribution in [-0.2, 0) is 0 Å². The average Bonchev–Trinajstić information content (AvgIpc) is 3.02. The summed E-state index contributed by atoms with van der Waals surface area (Å²) in [5.74, 6) is 0.463. The van der Waals surface area contributed by atoms with E-state index in [1.165, 1.54) is 4.88 Å². The Hall–Kier alpha value is -2.44. The van der Waals surface area contributed by atoms with Gasteiger partial charge in [-0.2, -0.15) is 0 Å². The van der Waals surface area contributed by atoms with E-state index in [1.807, 2.05) is 20.0 Å². The zero-order valence-electron chi connectivity index (χ0n) is 13.8. The van der Waals surface area contributed by atoms with E-state index in [-0.39, 0.29) is 11.9 Å². The zero-order valence-corrected chi connectivity index (χ0v) is 15.4. The number of nitrogens with zero attached hydrogens (tertiary/aromatic N) is 2. The van der Waals surface area contributed by atoms with Crippen molar-refractivity contribution in [1.82, 2.24) is 9.97 Å². The van der Waals surface area contributed by atoms with Gasteiger partial charge in [0.1, 0.15) is 10.8 Å². The first kappa shape index (κ1) is 17.4. The van der Waals surface area contributed by atoms with Crippen molar-refractivity contribution in [2.75, 3.05) is 10.6 Å². The number of pyridine rings is 1. The maximum absolute atomic E-state index is 12.3. The van der Waals surface area contributed by atoms with Crippen molar-refractivity contribution in [1.29, 1.82) is 0 Å². The lowest BCUT2D eigenvalue weighted by molar-refractivity contribution is 0.102. The predicted octanol–water partition coefficient (Wildman–Crippen LogP) is 4.93. The Morgan fingerprint density at radius 2 is 2.04 bits per heavy atom. The van der Waals surface area contributed by atoms with E-state index in [0.29, 0.717) is 22.1 Å². The fourth-order valence-corrected chi connectivity index (χ4v) is 3.21. The maximum Gasteiger partial charge on any atom is 0.257 e. The number of hydrogen-bond acceptors (Lipinski definition) is 5. The van der Waals surface area contributed by atoms with E-state index < -0.39 is 0 Å². The van der Waals surface area contributed by atoms with Crippen LogP contribution in [-0.4, -0.2) is 15.9 Å². The van der Waals surface area contributed by atoms with Gasteiger partial charge in [0.2, 0.25) is 0 Å². The summed E-state index contributed by atoms with van der Waals surface area (Å²) in [6, 6.07) is 10.6. The zero-order chi connectivity index (χ0) is 17.8. The first-order chi connectivity index (χ1) is 12.0. The minimum absolute atomic E-state index is 0.0531. The average molecular weight is 373 g/mol. The van der Waals surface area contributed by atoms with Crippen LogP contribution in [0.3, 0.4) is 0 Å². The van der Waals surface area contributed by atoms with Crippen molar-refractivity contribution in [3.8, 4) is 0 Å². The summed E-state index contributed by atoms with van der Waals surface area (Å²) in [6.45, 7) is 4.05. The summed E-state index contributed by atoms with van der Waals surface area (Å²) in [5, 5.41) is 7.65. The second-order valence-corrected chi connectivity index (χ2v) is 7.27. The van der Waals surface area contributed by atoms with E-state index in [2.05, 4.69) is 20.6 Å². The molecule has 0 bridgehead atoms. The third-order valence-corrected chi connectivity index (χ3v) is 4.81. The summed E-state index contributed by atoms with van der Waals surface area (Å²) < 4.78 is 0. The van der Waals surface area contributed by atoms with Gasteiger partial charge in [-0.15, -0.1) is 11.3 Å². The van der Waals surface area contributed by atoms with E-state index in [1.54, 1.807) is 53.9 Å². The van der Waals surface area contributed by atoms with Crippen LogP contribution in [0.5, 0.6) is 0 Å². The number of aromatic nitrogens is 2. The normalized spacial score (nSPS) is 11.8. The lowest BCUT2D eigenvalue weighted by atomic mass is 10.2. The molecule has 1 unspecified atom stereocenters. The van der Waals surface area contributed by atoms with Crippen molar-refractivity contribution in [3.63, 3.8) is 0 Å². The van der Waals surface area contributed by atoms with Crippen molar-refractivity contribution in [3.05, 3.63) is 69.3 Å². The maximum atomic E-state index is 12.3. The molecular formula is C18H17ClN4OS. The molecule has 0 spiro atoms. The van der Waals surface area contributed by atoms with Gasteiger partial charge in [0, 0.05) is 28.0 Å². The molecular weight excluding hydrogens is 356 g/mol. The molecule has 1 atom stereocenters. The number of hydrogen-bond donors (Lipinski definition) is 2. The standard InChI is InChI=1S/C18H17ClN4OS/c1-11-9-21-18(25-11)12(2)22-16-7-6-13(10-20-16)17(24)23-15-5-3-4-14(19)8-15/h3-10,12H,1-2H3,(H,20,22)(H,23,24). The molecule has 5 nitrogen and oxygen atoms in total. The monoisotopic (exact) mass is 372 g/mol. The number of amides is 1. The Balaban J connectivity index is 1.64. The number of carbonyl (C=O) groups is 1. The molecule has 1 aromatic carbocycles. The highest BCUT2D eigenvalue weighted by Crippen LogP contribution is 2.22. The van der Waals surface area contributed by atoms with Crippen molar-refractivity contribution in [2.24, 2.45) is 0 Å². The highest BCUT2D eigenvalue weighted by Gasteiger charge is 2.11. The quantitative estimate of drug-likeness (QED) is 0.666. The number of aryl methyl sites for hydroxylation is 1. The fraction of sp³-hybridized carbons (Fsp3) is 0.167. The minimum Gasteiger partial charge on any atom is -0.361 e. The van der Waals surface area contributed by atoms with E-state index in [9.17, 15) is 4.79 Å². The lowest BCUT2D eigenvalue weighted by Gasteiger charge is -2.12. The van der Waals surface area contributed by atoms with Crippen LogP contribution in [0.4, 0.5) is 11.5 Å². The summed E-state index contributed by atoms with van der Waals surface area (Å²) in [7, 11) is 0. The minimum atomic E-state index is -0.232. The molecule has 0 saturated carbocycles. The van der Waals surface area contributed by atoms with Gasteiger partial charge < -0.3 is 10.6 Å². The Labute approximate surface area is 155 Å². The third-order valence-electron chi connectivity index (χ3n) is 3.48. The summed E-state index contributed by atoms with van der Waals surface area (Å²) in [6.07, 6.45) is 3.40. The van der Waals surface area contributed by atoms with Crippen LogP contribution in [0.2, 0.25) is 5.02 Å². The van der Waals surface area contributed by atoms with Gasteiger partial charge in [-0.25, -0.2) is 9.97 Å². The molecule has 0 aliphatic carbocycles. The Morgan fingerprint density at radius 3 is 2.68 bits per heavy atom. The van der Waals surface area contributed by atoms with Gasteiger partial charge in [-0.1, -0.05) is 17.7 Å². The SMILES string of the molecule is Cc1cnc(C(C)Nc2ccc(C(=O)Nc3cccc(Cl)c3)cn2)s1. The lowest BCUT2D eigenvalue weighted by Crippen LogP contribution is -2.13. The number of benzene rings is 1. The van der Waals surface area contributed by atoms with E-state index >= 15 is 0 Å². The second kappa shape index (κ2) is 7.63. The molecule has 3 aromatic rings. The number of rotatable bonds is 5. The number of anilines is 2. The highest BCUT2D eigenvalue weighted by molar-refractivity contribution is 7.11. The molecule has 128 valence electrons. The summed E-state index contributed by atoms with van der Waals surface area (Å²) in [5.41, 5.74) is 1.12. The molecule has 1 amide bonds. The van der Waals surface area contributed by atoms with Crippen molar-refractivity contribution >= 4 is 40.4 Å². The Bertz CT molecular complexity index is 879. The van der Waals surface area contributed by atoms with Crippen LogP contribution in [0.1, 0.15) is 33.2 Å². The second-order valence-electron chi connectivity index (χ2n) is 5.57. The van der Waals surface area contributed by atoms with Gasteiger partial charge in [-0.3, -0.25) is 4.79 Å². The first-order valence-corrected chi connectivity index (χ1v) is 8.92. The van der Waals surface area contributed by atoms with Crippen LogP contribution < -0.4 is 10.6 Å². The molecule has 7 heteroatoms. The number of nitrogens with one attached hydrogen (secondary N) is 2. The number of halogens is 1. The molecule has 3 rings (SSSR count). The molecule has 0 saturated heterocycles. The van der Waals surface area contributed by atoms with Gasteiger partial charge in [-0.05, 0) is 44.2 Å². The van der Waals surface area contributed by atoms with E-state index in [4.69, 9.17) is 11.6 Å². The third kappa shape index (κ3) is 4.55. The van der Waals surface area contributed by atoms with Gasteiger partial charge in [0.25, 0.3) is 5.91 Å². The van der Waals surface area contributed by atoms with Crippen LogP contribution >= 0.6 is 22.9 Å². The van der Waals surface area contributed by atoms with Gasteiger partial charge in [0.05, 0.1) is 11.6 Å². The largest absolute Gasteiger partial charge is 0.361 e. The summed E-state index contributed by atoms with van der Waals surface area (Å²) in [4.78, 5) is 22.1. The van der Waals surface area contributed by atoms with Crippen LogP contribution in [0.15, 0.2) is 48.8 Å². The Morgan fingerprint density at radius 1 is 1.20 bits per heavy atom. The molecule has 2 aromatic heterocycles. The van der Waals surface area contributed by atoms with Crippen molar-refractivity contribution < 1.29 is 4.79 Å².